The summed E-state index contributed by atoms with van der Waals surface area (Å²) in [6.07, 6.45) is 0.204. The van der Waals surface area contributed by atoms with E-state index in [1.165, 1.54) is 18.0 Å². The Bertz CT molecular complexity index is 1480. The van der Waals surface area contributed by atoms with E-state index < -0.39 is 11.9 Å². The van der Waals surface area contributed by atoms with Crippen LogP contribution in [0.3, 0.4) is 0 Å². The maximum absolute atomic E-state index is 14.6. The summed E-state index contributed by atoms with van der Waals surface area (Å²) in [5.41, 5.74) is 2.92. The molecular formula is C26H19ClFN3O2. The van der Waals surface area contributed by atoms with Crippen molar-refractivity contribution in [2.45, 2.75) is 19.4 Å². The van der Waals surface area contributed by atoms with Gasteiger partial charge in [0.15, 0.2) is 0 Å². The summed E-state index contributed by atoms with van der Waals surface area (Å²) in [5, 5.41) is 7.06. The van der Waals surface area contributed by atoms with Gasteiger partial charge in [0.2, 0.25) is 5.91 Å². The minimum atomic E-state index is -0.642. The second-order valence-corrected chi connectivity index (χ2v) is 8.35. The molecule has 164 valence electrons. The highest BCUT2D eigenvalue weighted by molar-refractivity contribution is 6.31. The van der Waals surface area contributed by atoms with Crippen LogP contribution in [0, 0.1) is 5.82 Å². The molecule has 33 heavy (non-hydrogen) atoms. The zero-order valence-electron chi connectivity index (χ0n) is 17.7. The summed E-state index contributed by atoms with van der Waals surface area (Å²) in [7, 11) is 0. The molecule has 0 bridgehead atoms. The summed E-state index contributed by atoms with van der Waals surface area (Å²) >= 11 is 6.30. The average Bonchev–Trinajstić information content (AvgIpc) is 3.24. The number of aromatic amines is 1. The molecule has 0 unspecified atom stereocenters. The SMILES string of the molecule is CC(=O)N1N=C(c2c(-c3ccccc3)c3cc(Cl)ccc3[nH]c2=O)C[C@@H]1c1ccccc1F. The number of hydrogen-bond donors (Lipinski definition) is 1. The molecule has 1 aromatic heterocycles. The summed E-state index contributed by atoms with van der Waals surface area (Å²) in [5.74, 6) is -0.757. The zero-order chi connectivity index (χ0) is 23.1. The first kappa shape index (κ1) is 21.1. The predicted octanol–water partition coefficient (Wildman–Crippen LogP) is 5.69. The van der Waals surface area contributed by atoms with E-state index >= 15 is 0 Å². The first-order valence-electron chi connectivity index (χ1n) is 10.5. The topological polar surface area (TPSA) is 65.5 Å². The minimum Gasteiger partial charge on any atom is -0.321 e. The number of H-pyrrole nitrogens is 1. The number of aromatic nitrogens is 1. The lowest BCUT2D eigenvalue weighted by molar-refractivity contribution is -0.130. The van der Waals surface area contributed by atoms with Gasteiger partial charge >= 0.3 is 0 Å². The lowest BCUT2D eigenvalue weighted by Crippen LogP contribution is -2.25. The molecule has 5 rings (SSSR count). The smallest absolute Gasteiger partial charge is 0.258 e. The van der Waals surface area contributed by atoms with Crippen molar-refractivity contribution in [3.63, 3.8) is 0 Å². The normalized spacial score (nSPS) is 15.7. The molecule has 5 nitrogen and oxygen atoms in total. The summed E-state index contributed by atoms with van der Waals surface area (Å²) in [4.78, 5) is 28.7. The van der Waals surface area contributed by atoms with Gasteiger partial charge in [0.25, 0.3) is 5.56 Å². The van der Waals surface area contributed by atoms with Gasteiger partial charge in [0.1, 0.15) is 5.82 Å². The summed E-state index contributed by atoms with van der Waals surface area (Å²) in [6, 6.07) is 20.4. The molecule has 4 aromatic rings. The number of hydrazone groups is 1. The van der Waals surface area contributed by atoms with E-state index in [0.717, 1.165) is 10.9 Å². The first-order chi connectivity index (χ1) is 15.9. The van der Waals surface area contributed by atoms with Crippen molar-refractivity contribution in [3.05, 3.63) is 105 Å². The number of rotatable bonds is 3. The van der Waals surface area contributed by atoms with Gasteiger partial charge in [-0.3, -0.25) is 9.59 Å². The minimum absolute atomic E-state index is 0.204. The van der Waals surface area contributed by atoms with Crippen LogP contribution in [0.5, 0.6) is 0 Å². The Labute approximate surface area is 194 Å². The molecule has 0 saturated carbocycles. The van der Waals surface area contributed by atoms with Crippen LogP contribution in [0.25, 0.3) is 22.0 Å². The monoisotopic (exact) mass is 459 g/mol. The third-order valence-corrected chi connectivity index (χ3v) is 6.06. The Kier molecular flexibility index (Phi) is 5.30. The van der Waals surface area contributed by atoms with Crippen molar-refractivity contribution in [2.24, 2.45) is 5.10 Å². The molecule has 7 heteroatoms. The Morgan fingerprint density at radius 3 is 2.52 bits per heavy atom. The van der Waals surface area contributed by atoms with E-state index in [4.69, 9.17) is 11.6 Å². The quantitative estimate of drug-likeness (QED) is 0.428. The largest absolute Gasteiger partial charge is 0.321 e. The predicted molar refractivity (Wildman–Crippen MR) is 128 cm³/mol. The number of carbonyl (C=O) groups excluding carboxylic acids is 1. The Hall–Kier alpha value is -3.77. The van der Waals surface area contributed by atoms with Gasteiger partial charge in [-0.2, -0.15) is 5.10 Å². The molecule has 1 aliphatic heterocycles. The van der Waals surface area contributed by atoms with E-state index in [1.807, 2.05) is 30.3 Å². The number of hydrogen-bond acceptors (Lipinski definition) is 3. The van der Waals surface area contributed by atoms with Gasteiger partial charge in [-0.15, -0.1) is 0 Å². The molecule has 0 saturated heterocycles. The van der Waals surface area contributed by atoms with Crippen LogP contribution in [0.4, 0.5) is 4.39 Å². The molecule has 2 heterocycles. The molecule has 1 atom stereocenters. The molecule has 0 radical (unpaired) electrons. The fourth-order valence-corrected chi connectivity index (χ4v) is 4.56. The Morgan fingerprint density at radius 1 is 1.06 bits per heavy atom. The molecule has 0 spiro atoms. The summed E-state index contributed by atoms with van der Waals surface area (Å²) < 4.78 is 14.6. The van der Waals surface area contributed by atoms with Gasteiger partial charge in [0.05, 0.1) is 17.3 Å². The van der Waals surface area contributed by atoms with Gasteiger partial charge in [-0.1, -0.05) is 60.1 Å². The van der Waals surface area contributed by atoms with Crippen LogP contribution in [0.2, 0.25) is 5.02 Å². The standard InChI is InChI=1S/C26H19ClFN3O2/c1-15(32)31-23(18-9-5-6-10-20(18)28)14-22(30-31)25-24(16-7-3-2-4-8-16)19-13-17(27)11-12-21(19)29-26(25)33/h2-13,23H,14H2,1H3,(H,29,33)/t23-/m1/s1. The summed E-state index contributed by atoms with van der Waals surface area (Å²) in [6.45, 7) is 1.38. The number of fused-ring (bicyclic) bond motifs is 1. The van der Waals surface area contributed by atoms with Crippen LogP contribution >= 0.6 is 11.6 Å². The molecule has 0 aliphatic carbocycles. The highest BCUT2D eigenvalue weighted by atomic mass is 35.5. The van der Waals surface area contributed by atoms with Crippen molar-refractivity contribution in [1.29, 1.82) is 0 Å². The highest BCUT2D eigenvalue weighted by Crippen LogP contribution is 2.37. The van der Waals surface area contributed by atoms with Crippen molar-refractivity contribution in [3.8, 4) is 11.1 Å². The molecule has 1 aliphatic rings. The highest BCUT2D eigenvalue weighted by Gasteiger charge is 2.35. The van der Waals surface area contributed by atoms with Gasteiger partial charge in [-0.05, 0) is 29.8 Å². The maximum atomic E-state index is 14.6. The zero-order valence-corrected chi connectivity index (χ0v) is 18.4. The van der Waals surface area contributed by atoms with Crippen LogP contribution in [-0.4, -0.2) is 21.6 Å². The number of nitrogens with zero attached hydrogens (tertiary/aromatic N) is 2. The van der Waals surface area contributed by atoms with E-state index in [9.17, 15) is 14.0 Å². The second-order valence-electron chi connectivity index (χ2n) is 7.91. The number of benzene rings is 3. The van der Waals surface area contributed by atoms with E-state index in [-0.39, 0.29) is 17.9 Å². The van der Waals surface area contributed by atoms with E-state index in [2.05, 4.69) is 10.1 Å². The van der Waals surface area contributed by atoms with E-state index in [0.29, 0.717) is 32.9 Å². The number of amides is 1. The average molecular weight is 460 g/mol. The molecule has 0 fully saturated rings. The van der Waals surface area contributed by atoms with Crippen molar-refractivity contribution < 1.29 is 9.18 Å². The fourth-order valence-electron chi connectivity index (χ4n) is 4.38. The van der Waals surface area contributed by atoms with Crippen LogP contribution in [-0.2, 0) is 4.79 Å². The van der Waals surface area contributed by atoms with E-state index in [1.54, 1.807) is 36.4 Å². The van der Waals surface area contributed by atoms with Crippen LogP contribution < -0.4 is 5.56 Å². The third kappa shape index (κ3) is 3.72. The van der Waals surface area contributed by atoms with Crippen LogP contribution in [0.15, 0.2) is 82.7 Å². The molecule has 3 aromatic carbocycles. The van der Waals surface area contributed by atoms with Crippen molar-refractivity contribution in [2.75, 3.05) is 0 Å². The van der Waals surface area contributed by atoms with Crippen molar-refractivity contribution >= 4 is 34.1 Å². The second kappa shape index (κ2) is 8.30. The van der Waals surface area contributed by atoms with Gasteiger partial charge < -0.3 is 4.98 Å². The van der Waals surface area contributed by atoms with Crippen molar-refractivity contribution in [1.82, 2.24) is 9.99 Å². The maximum Gasteiger partial charge on any atom is 0.258 e. The number of halogens is 2. The lowest BCUT2D eigenvalue weighted by Gasteiger charge is -2.20. The molecular weight excluding hydrogens is 441 g/mol. The van der Waals surface area contributed by atoms with Crippen LogP contribution in [0.1, 0.15) is 30.5 Å². The number of carbonyl (C=O) groups is 1. The van der Waals surface area contributed by atoms with Gasteiger partial charge in [-0.25, -0.2) is 9.40 Å². The lowest BCUT2D eigenvalue weighted by atomic mass is 9.91. The first-order valence-corrected chi connectivity index (χ1v) is 10.8. The fraction of sp³-hybridized carbons (Fsp3) is 0.115. The van der Waals surface area contributed by atoms with Gasteiger partial charge in [0, 0.05) is 40.4 Å². The number of nitrogens with one attached hydrogen (secondary N) is 1. The molecule has 1 amide bonds. The third-order valence-electron chi connectivity index (χ3n) is 5.82. The molecule has 1 N–H and O–H groups in total. The number of pyridine rings is 1. The Morgan fingerprint density at radius 2 is 1.79 bits per heavy atom. The Balaban J connectivity index is 1.76.